The molecule has 0 spiro atoms. The Balaban J connectivity index is 1.60. The van der Waals surface area contributed by atoms with Crippen LogP contribution in [0.5, 0.6) is 11.5 Å². The van der Waals surface area contributed by atoms with Crippen molar-refractivity contribution in [2.45, 2.75) is 6.61 Å². The first kappa shape index (κ1) is 26.1. The van der Waals surface area contributed by atoms with Gasteiger partial charge in [0.15, 0.2) is 0 Å². The van der Waals surface area contributed by atoms with Crippen molar-refractivity contribution in [2.75, 3.05) is 11.9 Å². The highest BCUT2D eigenvalue weighted by Gasteiger charge is 2.13. The second-order valence-corrected chi connectivity index (χ2v) is 8.20. The van der Waals surface area contributed by atoms with Crippen molar-refractivity contribution in [3.8, 4) is 11.5 Å². The number of nitrogens with one attached hydrogen (secondary N) is 2. The molecule has 0 unspecified atom stereocenters. The number of rotatable bonds is 9. The molecule has 0 radical (unpaired) electrons. The Labute approximate surface area is 217 Å². The van der Waals surface area contributed by atoms with Gasteiger partial charge in [-0.25, -0.2) is 5.43 Å². The molecule has 0 saturated carbocycles. The van der Waals surface area contributed by atoms with Crippen LogP contribution in [0.2, 0.25) is 15.1 Å². The van der Waals surface area contributed by atoms with Gasteiger partial charge in [-0.15, -0.1) is 0 Å². The van der Waals surface area contributed by atoms with E-state index in [1.54, 1.807) is 66.7 Å². The van der Waals surface area contributed by atoms with Crippen molar-refractivity contribution in [1.29, 1.82) is 0 Å². The molecule has 2 N–H and O–H groups in total. The van der Waals surface area contributed by atoms with E-state index in [0.717, 1.165) is 0 Å². The van der Waals surface area contributed by atoms with Gasteiger partial charge in [-0.2, -0.15) is 5.10 Å². The number of anilines is 1. The number of nitrogens with zero attached hydrogens (tertiary/aromatic N) is 1. The zero-order valence-corrected chi connectivity index (χ0v) is 20.5. The molecule has 3 rings (SSSR count). The summed E-state index contributed by atoms with van der Waals surface area (Å²) in [4.78, 5) is 24.3. The lowest BCUT2D eigenvalue weighted by atomic mass is 10.2. The van der Waals surface area contributed by atoms with Crippen LogP contribution in [0.3, 0.4) is 0 Å². The highest BCUT2D eigenvalue weighted by molar-refractivity contribution is 6.39. The molecule has 0 saturated heterocycles. The van der Waals surface area contributed by atoms with Crippen LogP contribution in [0.1, 0.15) is 11.1 Å². The number of halogens is 3. The minimum absolute atomic E-state index is 0.104. The summed E-state index contributed by atoms with van der Waals surface area (Å²) >= 11 is 18.5. The lowest BCUT2D eigenvalue weighted by molar-refractivity contribution is -0.136. The Kier molecular flexibility index (Phi) is 9.55. The van der Waals surface area contributed by atoms with Crippen molar-refractivity contribution in [2.24, 2.45) is 5.10 Å². The fraction of sp³-hybridized carbons (Fsp3) is 0.0800. The summed E-state index contributed by atoms with van der Waals surface area (Å²) in [6.45, 7) is 4.04. The number of carbonyl (C=O) groups excluding carboxylic acids is 2. The van der Waals surface area contributed by atoms with Gasteiger partial charge in [0.25, 0.3) is 0 Å². The summed E-state index contributed by atoms with van der Waals surface area (Å²) in [5.41, 5.74) is 3.68. The highest BCUT2D eigenvalue weighted by Crippen LogP contribution is 2.28. The molecule has 0 aliphatic carbocycles. The summed E-state index contributed by atoms with van der Waals surface area (Å²) in [5, 5.41) is 7.68. The molecule has 0 aliphatic heterocycles. The molecule has 10 heteroatoms. The summed E-state index contributed by atoms with van der Waals surface area (Å²) < 4.78 is 11.2. The van der Waals surface area contributed by atoms with Gasteiger partial charge in [0, 0.05) is 31.9 Å². The predicted molar refractivity (Wildman–Crippen MR) is 139 cm³/mol. The lowest BCUT2D eigenvalue weighted by Crippen LogP contribution is -2.32. The third-order valence-electron chi connectivity index (χ3n) is 4.46. The number of amides is 2. The van der Waals surface area contributed by atoms with Crippen molar-refractivity contribution in [1.82, 2.24) is 5.43 Å². The maximum atomic E-state index is 12.1. The van der Waals surface area contributed by atoms with Gasteiger partial charge in [-0.1, -0.05) is 53.5 Å². The van der Waals surface area contributed by atoms with E-state index in [1.807, 2.05) is 0 Å². The average molecular weight is 533 g/mol. The maximum absolute atomic E-state index is 12.1. The third-order valence-corrected chi connectivity index (χ3v) is 5.40. The maximum Gasteiger partial charge on any atom is 0.329 e. The first-order chi connectivity index (χ1) is 16.9. The monoisotopic (exact) mass is 531 g/mol. The van der Waals surface area contributed by atoms with Crippen molar-refractivity contribution < 1.29 is 19.1 Å². The van der Waals surface area contributed by atoms with Crippen LogP contribution < -0.4 is 20.2 Å². The standard InChI is InChI=1S/C25H20Cl3N3O4/c1-2-12-34-19-9-7-18(8-10-19)30-24(32)25(33)31-29-14-16-13-17(26)6-11-23(16)35-15-20-21(27)4-3-5-22(20)28/h2-11,13-14H,1,12,15H2,(H,30,32)(H,31,33)/b29-14-. The van der Waals surface area contributed by atoms with Crippen LogP contribution in [-0.4, -0.2) is 24.6 Å². The number of carbonyl (C=O) groups is 2. The number of hydrazone groups is 1. The zero-order valence-electron chi connectivity index (χ0n) is 18.3. The van der Waals surface area contributed by atoms with Crippen molar-refractivity contribution in [3.05, 3.63) is 99.5 Å². The van der Waals surface area contributed by atoms with Gasteiger partial charge >= 0.3 is 11.8 Å². The van der Waals surface area contributed by atoms with E-state index in [-0.39, 0.29) is 6.61 Å². The highest BCUT2D eigenvalue weighted by atomic mass is 35.5. The fourth-order valence-corrected chi connectivity index (χ4v) is 3.45. The van der Waals surface area contributed by atoms with E-state index in [2.05, 4.69) is 22.4 Å². The summed E-state index contributed by atoms with van der Waals surface area (Å²) in [6, 6.07) is 16.6. The van der Waals surface area contributed by atoms with Gasteiger partial charge in [-0.3, -0.25) is 9.59 Å². The molecule has 0 heterocycles. The first-order valence-corrected chi connectivity index (χ1v) is 11.3. The Morgan fingerprint density at radius 3 is 2.34 bits per heavy atom. The number of benzene rings is 3. The molecular formula is C25H20Cl3N3O4. The molecule has 0 bridgehead atoms. The lowest BCUT2D eigenvalue weighted by Gasteiger charge is -2.12. The first-order valence-electron chi connectivity index (χ1n) is 10.2. The molecule has 0 atom stereocenters. The Morgan fingerprint density at radius 2 is 1.66 bits per heavy atom. The summed E-state index contributed by atoms with van der Waals surface area (Å²) in [5.74, 6) is -0.821. The van der Waals surface area contributed by atoms with Crippen molar-refractivity contribution in [3.63, 3.8) is 0 Å². The molecule has 0 fully saturated rings. The Bertz CT molecular complexity index is 1230. The smallest absolute Gasteiger partial charge is 0.329 e. The largest absolute Gasteiger partial charge is 0.490 e. The normalized spacial score (nSPS) is 10.6. The summed E-state index contributed by atoms with van der Waals surface area (Å²) in [6.07, 6.45) is 2.93. The summed E-state index contributed by atoms with van der Waals surface area (Å²) in [7, 11) is 0. The second-order valence-electron chi connectivity index (χ2n) is 6.95. The Morgan fingerprint density at radius 1 is 0.943 bits per heavy atom. The molecule has 3 aromatic carbocycles. The number of hydrogen-bond donors (Lipinski definition) is 2. The van der Waals surface area contributed by atoms with Gasteiger partial charge in [0.05, 0.1) is 6.21 Å². The van der Waals surface area contributed by atoms with E-state index in [0.29, 0.717) is 50.0 Å². The molecular weight excluding hydrogens is 513 g/mol. The Hall–Kier alpha value is -3.52. The van der Waals surface area contributed by atoms with Crippen LogP contribution in [0.25, 0.3) is 0 Å². The van der Waals surface area contributed by atoms with Crippen molar-refractivity contribution >= 4 is 58.5 Å². The molecule has 180 valence electrons. The third kappa shape index (κ3) is 7.75. The molecule has 0 aliphatic rings. The molecule has 2 amide bonds. The van der Waals surface area contributed by atoms with Gasteiger partial charge in [0.2, 0.25) is 0 Å². The van der Waals surface area contributed by atoms with Gasteiger partial charge < -0.3 is 14.8 Å². The van der Waals surface area contributed by atoms with Crippen LogP contribution in [-0.2, 0) is 16.2 Å². The van der Waals surface area contributed by atoms with Crippen LogP contribution in [0.15, 0.2) is 78.4 Å². The quantitative estimate of drug-likeness (QED) is 0.156. The van der Waals surface area contributed by atoms with Gasteiger partial charge in [0.1, 0.15) is 24.7 Å². The van der Waals surface area contributed by atoms with Gasteiger partial charge in [-0.05, 0) is 54.6 Å². The van der Waals surface area contributed by atoms with E-state index in [4.69, 9.17) is 44.3 Å². The predicted octanol–water partition coefficient (Wildman–Crippen LogP) is 5.88. The van der Waals surface area contributed by atoms with Crippen LogP contribution >= 0.6 is 34.8 Å². The number of hydrogen-bond acceptors (Lipinski definition) is 5. The van der Waals surface area contributed by atoms with Crippen LogP contribution in [0.4, 0.5) is 5.69 Å². The molecule has 0 aromatic heterocycles. The fourth-order valence-electron chi connectivity index (χ4n) is 2.76. The molecule has 35 heavy (non-hydrogen) atoms. The molecule has 7 nitrogen and oxygen atoms in total. The second kappa shape index (κ2) is 12.8. The van der Waals surface area contributed by atoms with E-state index in [9.17, 15) is 9.59 Å². The van der Waals surface area contributed by atoms with Crippen LogP contribution in [0, 0.1) is 0 Å². The number of ether oxygens (including phenoxy) is 2. The average Bonchev–Trinajstić information content (AvgIpc) is 2.84. The van der Waals surface area contributed by atoms with E-state index >= 15 is 0 Å². The minimum Gasteiger partial charge on any atom is -0.490 e. The topological polar surface area (TPSA) is 89.0 Å². The molecule has 3 aromatic rings. The zero-order chi connectivity index (χ0) is 25.2. The van der Waals surface area contributed by atoms with E-state index < -0.39 is 11.8 Å². The minimum atomic E-state index is -0.958. The SMILES string of the molecule is C=CCOc1ccc(NC(=O)C(=O)N/N=C\c2cc(Cl)ccc2OCc2c(Cl)cccc2Cl)cc1. The van der Waals surface area contributed by atoms with E-state index in [1.165, 1.54) is 6.21 Å².